The first-order valence-electron chi connectivity index (χ1n) is 5.44. The molecule has 0 aliphatic rings. The molecule has 17 heavy (non-hydrogen) atoms. The fourth-order valence-corrected chi connectivity index (χ4v) is 1.30. The molecule has 3 N–H and O–H groups in total. The summed E-state index contributed by atoms with van der Waals surface area (Å²) < 4.78 is 4.94. The number of carbonyl (C=O) groups is 1. The van der Waals surface area contributed by atoms with Crippen LogP contribution in [0.1, 0.15) is 12.5 Å². The third-order valence-electron chi connectivity index (χ3n) is 2.25. The average molecular weight is 235 g/mol. The maximum absolute atomic E-state index is 11.5. The van der Waals surface area contributed by atoms with Gasteiger partial charge in [-0.3, -0.25) is 4.79 Å². The van der Waals surface area contributed by atoms with Crippen molar-refractivity contribution in [1.82, 2.24) is 0 Å². The summed E-state index contributed by atoms with van der Waals surface area (Å²) in [6, 6.07) is 5.91. The van der Waals surface area contributed by atoms with Gasteiger partial charge < -0.3 is 15.6 Å². The first-order chi connectivity index (χ1) is 8.13. The summed E-state index contributed by atoms with van der Waals surface area (Å²) in [6.07, 6.45) is 3.94. The van der Waals surface area contributed by atoms with E-state index >= 15 is 0 Å². The Morgan fingerprint density at radius 2 is 2.12 bits per heavy atom. The van der Waals surface area contributed by atoms with Crippen molar-refractivity contribution in [1.29, 1.82) is 0 Å². The van der Waals surface area contributed by atoms with Crippen molar-refractivity contribution >= 4 is 5.97 Å². The van der Waals surface area contributed by atoms with E-state index in [0.29, 0.717) is 6.42 Å². The summed E-state index contributed by atoms with van der Waals surface area (Å²) in [5, 5.41) is 9.11. The number of benzene rings is 1. The minimum Gasteiger partial charge on any atom is -0.508 e. The van der Waals surface area contributed by atoms with E-state index in [2.05, 4.69) is 0 Å². The highest BCUT2D eigenvalue weighted by molar-refractivity contribution is 5.76. The molecule has 4 heteroatoms. The summed E-state index contributed by atoms with van der Waals surface area (Å²) in [6.45, 7) is 2.10. The number of phenolic OH excluding ortho intramolecular Hbond substituents is 1. The molecule has 0 heterocycles. The topological polar surface area (TPSA) is 72.5 Å². The average Bonchev–Trinajstić information content (AvgIpc) is 2.32. The standard InChI is InChI=1S/C13H17NO3/c1-2-3-8-17-13(16)12(14)9-10-4-6-11(15)7-5-10/h2-7,12,15H,8-9,14H2,1H3. The van der Waals surface area contributed by atoms with E-state index in [4.69, 9.17) is 15.6 Å². The van der Waals surface area contributed by atoms with Crippen LogP contribution in [0.2, 0.25) is 0 Å². The Labute approximate surface area is 101 Å². The van der Waals surface area contributed by atoms with E-state index in [0.717, 1.165) is 5.56 Å². The Bertz CT molecular complexity index is 384. The minimum absolute atomic E-state index is 0.193. The lowest BCUT2D eigenvalue weighted by Crippen LogP contribution is -2.34. The van der Waals surface area contributed by atoms with Gasteiger partial charge in [0.15, 0.2) is 0 Å². The van der Waals surface area contributed by atoms with E-state index in [1.54, 1.807) is 36.4 Å². The minimum atomic E-state index is -0.676. The van der Waals surface area contributed by atoms with Crippen LogP contribution in [-0.4, -0.2) is 23.7 Å². The van der Waals surface area contributed by atoms with Crippen molar-refractivity contribution in [2.75, 3.05) is 6.61 Å². The fourth-order valence-electron chi connectivity index (χ4n) is 1.30. The zero-order chi connectivity index (χ0) is 12.7. The smallest absolute Gasteiger partial charge is 0.323 e. The molecule has 0 saturated carbocycles. The molecule has 0 bridgehead atoms. The van der Waals surface area contributed by atoms with Gasteiger partial charge in [0.1, 0.15) is 18.4 Å². The van der Waals surface area contributed by atoms with E-state index in [1.807, 2.05) is 6.92 Å². The number of hydrogen-bond donors (Lipinski definition) is 2. The Balaban J connectivity index is 2.45. The van der Waals surface area contributed by atoms with Crippen molar-refractivity contribution in [3.05, 3.63) is 42.0 Å². The van der Waals surface area contributed by atoms with Crippen LogP contribution in [0.15, 0.2) is 36.4 Å². The molecule has 0 radical (unpaired) electrons. The highest BCUT2D eigenvalue weighted by atomic mass is 16.5. The molecule has 1 atom stereocenters. The highest BCUT2D eigenvalue weighted by Crippen LogP contribution is 2.11. The van der Waals surface area contributed by atoms with Gasteiger partial charge in [-0.05, 0) is 31.0 Å². The fraction of sp³-hybridized carbons (Fsp3) is 0.308. The monoisotopic (exact) mass is 235 g/mol. The molecule has 0 aliphatic heterocycles. The molecule has 92 valence electrons. The number of ether oxygens (including phenoxy) is 1. The van der Waals surface area contributed by atoms with Crippen LogP contribution in [0.3, 0.4) is 0 Å². The zero-order valence-electron chi connectivity index (χ0n) is 9.80. The first-order valence-corrected chi connectivity index (χ1v) is 5.44. The van der Waals surface area contributed by atoms with Gasteiger partial charge in [0.25, 0.3) is 0 Å². The SMILES string of the molecule is CC=CCOC(=O)C(N)Cc1ccc(O)cc1. The van der Waals surface area contributed by atoms with Gasteiger partial charge in [-0.2, -0.15) is 0 Å². The van der Waals surface area contributed by atoms with Gasteiger partial charge in [-0.1, -0.05) is 24.3 Å². The number of carbonyl (C=O) groups excluding carboxylic acids is 1. The van der Waals surface area contributed by atoms with Crippen LogP contribution >= 0.6 is 0 Å². The van der Waals surface area contributed by atoms with E-state index in [1.165, 1.54) is 0 Å². The van der Waals surface area contributed by atoms with E-state index in [9.17, 15) is 4.79 Å². The van der Waals surface area contributed by atoms with Crippen LogP contribution in [0.4, 0.5) is 0 Å². The number of rotatable bonds is 5. The van der Waals surface area contributed by atoms with Gasteiger partial charge in [0, 0.05) is 0 Å². The predicted molar refractivity (Wildman–Crippen MR) is 65.6 cm³/mol. The van der Waals surface area contributed by atoms with Gasteiger partial charge in [-0.15, -0.1) is 0 Å². The number of phenols is 1. The predicted octanol–water partition coefficient (Wildman–Crippen LogP) is 1.38. The zero-order valence-corrected chi connectivity index (χ0v) is 9.80. The van der Waals surface area contributed by atoms with Gasteiger partial charge in [-0.25, -0.2) is 0 Å². The van der Waals surface area contributed by atoms with Crippen molar-refractivity contribution in [2.45, 2.75) is 19.4 Å². The molecule has 0 spiro atoms. The highest BCUT2D eigenvalue weighted by Gasteiger charge is 2.14. The largest absolute Gasteiger partial charge is 0.508 e. The second kappa shape index (κ2) is 6.70. The second-order valence-corrected chi connectivity index (χ2v) is 3.68. The van der Waals surface area contributed by atoms with Crippen molar-refractivity contribution < 1.29 is 14.6 Å². The number of hydrogen-bond acceptors (Lipinski definition) is 4. The third kappa shape index (κ3) is 4.70. The van der Waals surface area contributed by atoms with Gasteiger partial charge in [0.05, 0.1) is 0 Å². The second-order valence-electron chi connectivity index (χ2n) is 3.68. The number of aromatic hydroxyl groups is 1. The lowest BCUT2D eigenvalue weighted by Gasteiger charge is -2.10. The molecule has 1 unspecified atom stereocenters. The van der Waals surface area contributed by atoms with Crippen LogP contribution in [0.5, 0.6) is 5.75 Å². The summed E-state index contributed by atoms with van der Waals surface area (Å²) in [5.41, 5.74) is 6.60. The van der Waals surface area contributed by atoms with Crippen molar-refractivity contribution in [3.8, 4) is 5.75 Å². The van der Waals surface area contributed by atoms with Gasteiger partial charge in [0.2, 0.25) is 0 Å². The van der Waals surface area contributed by atoms with E-state index < -0.39 is 12.0 Å². The molecule has 0 aromatic heterocycles. The number of esters is 1. The number of nitrogens with two attached hydrogens (primary N) is 1. The Morgan fingerprint density at radius 3 is 2.71 bits per heavy atom. The van der Waals surface area contributed by atoms with Crippen molar-refractivity contribution in [2.24, 2.45) is 5.73 Å². The first kappa shape index (κ1) is 13.3. The van der Waals surface area contributed by atoms with Gasteiger partial charge >= 0.3 is 5.97 Å². The normalized spacial score (nSPS) is 12.6. The molecular weight excluding hydrogens is 218 g/mol. The Hall–Kier alpha value is -1.81. The quantitative estimate of drug-likeness (QED) is 0.597. The molecule has 1 rings (SSSR count). The van der Waals surface area contributed by atoms with Crippen LogP contribution in [0, 0.1) is 0 Å². The molecule has 0 fully saturated rings. The Kier molecular flexibility index (Phi) is 5.23. The van der Waals surface area contributed by atoms with E-state index in [-0.39, 0.29) is 12.4 Å². The Morgan fingerprint density at radius 1 is 1.47 bits per heavy atom. The van der Waals surface area contributed by atoms with Crippen LogP contribution in [-0.2, 0) is 16.0 Å². The third-order valence-corrected chi connectivity index (χ3v) is 2.25. The maximum atomic E-state index is 11.5. The molecular formula is C13H17NO3. The molecule has 1 aromatic carbocycles. The molecule has 4 nitrogen and oxygen atoms in total. The number of allylic oxidation sites excluding steroid dienone is 1. The lowest BCUT2D eigenvalue weighted by molar-refractivity contribution is -0.143. The summed E-state index contributed by atoms with van der Waals surface area (Å²) in [7, 11) is 0. The molecule has 0 aliphatic carbocycles. The summed E-state index contributed by atoms with van der Waals surface area (Å²) in [4.78, 5) is 11.5. The lowest BCUT2D eigenvalue weighted by atomic mass is 10.1. The summed E-state index contributed by atoms with van der Waals surface area (Å²) in [5.74, 6) is -0.228. The maximum Gasteiger partial charge on any atom is 0.323 e. The molecule has 0 amide bonds. The molecule has 0 saturated heterocycles. The van der Waals surface area contributed by atoms with Crippen molar-refractivity contribution in [3.63, 3.8) is 0 Å². The molecule has 1 aromatic rings. The van der Waals surface area contributed by atoms with Crippen LogP contribution < -0.4 is 5.73 Å². The summed E-state index contributed by atoms with van der Waals surface area (Å²) >= 11 is 0. The van der Waals surface area contributed by atoms with Crippen LogP contribution in [0.25, 0.3) is 0 Å².